The number of fused-ring (bicyclic) bond motifs is 2. The van der Waals surface area contributed by atoms with Crippen LogP contribution >= 0.6 is 11.3 Å². The molecule has 1 heterocycles. The van der Waals surface area contributed by atoms with Gasteiger partial charge in [0.2, 0.25) is 5.91 Å². The Labute approximate surface area is 159 Å². The van der Waals surface area contributed by atoms with Crippen molar-refractivity contribution in [3.8, 4) is 10.6 Å². The molecule has 1 amide bonds. The first-order chi connectivity index (χ1) is 12.6. The lowest BCUT2D eigenvalue weighted by atomic mass is 9.65. The lowest BCUT2D eigenvalue weighted by molar-refractivity contribution is -0.128. The molecule has 2 saturated carbocycles. The Morgan fingerprint density at radius 3 is 2.62 bits per heavy atom. The topological polar surface area (TPSA) is 68.0 Å². The molecule has 2 aliphatic carbocycles. The number of aryl methyl sites for hydroxylation is 1. The molecule has 0 radical (unpaired) electrons. The van der Waals surface area contributed by atoms with Gasteiger partial charge in [0.15, 0.2) is 0 Å². The first-order valence-electron chi connectivity index (χ1n) is 9.67. The predicted molar refractivity (Wildman–Crippen MR) is 106 cm³/mol. The minimum atomic E-state index is 0.131. The quantitative estimate of drug-likeness (QED) is 0.859. The van der Waals surface area contributed by atoms with Gasteiger partial charge in [-0.2, -0.15) is 0 Å². The second-order valence-electron chi connectivity index (χ2n) is 7.81. The molecule has 0 spiro atoms. The Balaban J connectivity index is 1.38. The number of aromatic nitrogens is 1. The van der Waals surface area contributed by atoms with E-state index in [-0.39, 0.29) is 11.8 Å². The highest BCUT2D eigenvalue weighted by atomic mass is 32.1. The van der Waals surface area contributed by atoms with Gasteiger partial charge >= 0.3 is 0 Å². The van der Waals surface area contributed by atoms with E-state index in [0.29, 0.717) is 24.4 Å². The highest BCUT2D eigenvalue weighted by molar-refractivity contribution is 7.15. The SMILES string of the molecule is Cc1nc(-c2ccccc2)sc1CNC(=O)C1CC2CCCC(C1)C2N. The molecule has 0 saturated heterocycles. The third kappa shape index (κ3) is 3.55. The minimum Gasteiger partial charge on any atom is -0.351 e. The van der Waals surface area contributed by atoms with Crippen molar-refractivity contribution in [2.24, 2.45) is 23.5 Å². The van der Waals surface area contributed by atoms with Crippen molar-refractivity contribution in [2.75, 3.05) is 0 Å². The van der Waals surface area contributed by atoms with Crippen LogP contribution < -0.4 is 11.1 Å². The van der Waals surface area contributed by atoms with Crippen LogP contribution in [-0.2, 0) is 11.3 Å². The Kier molecular flexibility index (Phi) is 5.09. The number of thiazole rings is 1. The number of nitrogens with one attached hydrogen (secondary N) is 1. The highest BCUT2D eigenvalue weighted by Crippen LogP contribution is 2.42. The Hall–Kier alpha value is -1.72. The number of hydrogen-bond donors (Lipinski definition) is 2. The summed E-state index contributed by atoms with van der Waals surface area (Å²) >= 11 is 1.67. The highest BCUT2D eigenvalue weighted by Gasteiger charge is 2.40. The third-order valence-electron chi connectivity index (χ3n) is 6.12. The summed E-state index contributed by atoms with van der Waals surface area (Å²) in [6, 6.07) is 10.5. The van der Waals surface area contributed by atoms with Crippen molar-refractivity contribution >= 4 is 17.2 Å². The summed E-state index contributed by atoms with van der Waals surface area (Å²) in [5.74, 6) is 1.40. The van der Waals surface area contributed by atoms with Gasteiger partial charge < -0.3 is 11.1 Å². The zero-order valence-electron chi connectivity index (χ0n) is 15.3. The number of hydrogen-bond acceptors (Lipinski definition) is 4. The number of benzene rings is 1. The number of carbonyl (C=O) groups is 1. The molecule has 4 nitrogen and oxygen atoms in total. The summed E-state index contributed by atoms with van der Waals surface area (Å²) < 4.78 is 0. The van der Waals surface area contributed by atoms with Crippen LogP contribution in [0.3, 0.4) is 0 Å². The molecule has 0 aliphatic heterocycles. The summed E-state index contributed by atoms with van der Waals surface area (Å²) in [6.07, 6.45) is 5.58. The fourth-order valence-electron chi connectivity index (χ4n) is 4.61. The van der Waals surface area contributed by atoms with E-state index in [1.54, 1.807) is 11.3 Å². The molecular formula is C21H27N3OS. The molecule has 138 valence electrons. The third-order valence-corrected chi connectivity index (χ3v) is 7.33. The predicted octanol–water partition coefficient (Wildman–Crippen LogP) is 3.89. The Morgan fingerprint density at radius 1 is 1.23 bits per heavy atom. The summed E-state index contributed by atoms with van der Waals surface area (Å²) in [5.41, 5.74) is 8.49. The van der Waals surface area contributed by atoms with Crippen LogP contribution in [0.4, 0.5) is 0 Å². The lowest BCUT2D eigenvalue weighted by Gasteiger charge is -2.43. The molecule has 2 fully saturated rings. The van der Waals surface area contributed by atoms with E-state index in [0.717, 1.165) is 34.0 Å². The van der Waals surface area contributed by atoms with Gasteiger partial charge in [-0.1, -0.05) is 36.8 Å². The van der Waals surface area contributed by atoms with Gasteiger partial charge in [0.1, 0.15) is 5.01 Å². The van der Waals surface area contributed by atoms with Crippen LogP contribution in [0.25, 0.3) is 10.6 Å². The zero-order chi connectivity index (χ0) is 18.1. The van der Waals surface area contributed by atoms with Crippen LogP contribution in [0.1, 0.15) is 42.7 Å². The first-order valence-corrected chi connectivity index (χ1v) is 10.5. The largest absolute Gasteiger partial charge is 0.351 e. The van der Waals surface area contributed by atoms with Gasteiger partial charge in [-0.05, 0) is 44.4 Å². The standard InChI is InChI=1S/C21H27N3OS/c1-13-18(26-21(24-13)14-6-3-2-4-7-14)12-23-20(25)17-10-15-8-5-9-16(11-17)19(15)22/h2-4,6-7,15-17,19H,5,8-12,22H2,1H3,(H,23,25). The molecule has 26 heavy (non-hydrogen) atoms. The molecule has 2 aliphatic rings. The molecule has 1 aromatic heterocycles. The van der Waals surface area contributed by atoms with Crippen molar-refractivity contribution in [1.29, 1.82) is 0 Å². The smallest absolute Gasteiger partial charge is 0.223 e. The van der Waals surface area contributed by atoms with E-state index in [1.807, 2.05) is 25.1 Å². The van der Waals surface area contributed by atoms with Gasteiger partial charge in [-0.3, -0.25) is 4.79 Å². The van der Waals surface area contributed by atoms with E-state index in [4.69, 9.17) is 5.73 Å². The van der Waals surface area contributed by atoms with Crippen LogP contribution in [0, 0.1) is 24.7 Å². The maximum atomic E-state index is 12.7. The van der Waals surface area contributed by atoms with Crippen molar-refractivity contribution in [3.05, 3.63) is 40.9 Å². The van der Waals surface area contributed by atoms with Gasteiger partial charge in [0, 0.05) is 22.4 Å². The summed E-state index contributed by atoms with van der Waals surface area (Å²) in [4.78, 5) is 18.6. The molecule has 3 N–H and O–H groups in total. The van der Waals surface area contributed by atoms with Gasteiger partial charge in [-0.15, -0.1) is 11.3 Å². The van der Waals surface area contributed by atoms with Crippen molar-refractivity contribution in [2.45, 2.75) is 51.6 Å². The molecule has 4 rings (SSSR count). The number of nitrogens with two attached hydrogens (primary N) is 1. The number of amides is 1. The Bertz CT molecular complexity index is 759. The maximum Gasteiger partial charge on any atom is 0.223 e. The van der Waals surface area contributed by atoms with Crippen LogP contribution in [0.15, 0.2) is 30.3 Å². The zero-order valence-corrected chi connectivity index (χ0v) is 16.1. The first kappa shape index (κ1) is 17.7. The normalized spacial score (nSPS) is 27.9. The molecule has 2 unspecified atom stereocenters. The molecule has 2 atom stereocenters. The van der Waals surface area contributed by atoms with E-state index in [2.05, 4.69) is 22.4 Å². The van der Waals surface area contributed by atoms with Gasteiger partial charge in [0.05, 0.1) is 12.2 Å². The molecule has 1 aromatic carbocycles. The maximum absolute atomic E-state index is 12.7. The average Bonchev–Trinajstić information content (AvgIpc) is 3.01. The summed E-state index contributed by atoms with van der Waals surface area (Å²) in [6.45, 7) is 2.60. The molecule has 2 aromatic rings. The van der Waals surface area contributed by atoms with Crippen molar-refractivity contribution < 1.29 is 4.79 Å². The average molecular weight is 370 g/mol. The lowest BCUT2D eigenvalue weighted by Crippen LogP contribution is -2.49. The van der Waals surface area contributed by atoms with E-state index < -0.39 is 0 Å². The number of carbonyl (C=O) groups excluding carboxylic acids is 1. The summed E-state index contributed by atoms with van der Waals surface area (Å²) in [5, 5.41) is 4.19. The van der Waals surface area contributed by atoms with E-state index in [1.165, 1.54) is 19.3 Å². The van der Waals surface area contributed by atoms with Crippen LogP contribution in [0.5, 0.6) is 0 Å². The van der Waals surface area contributed by atoms with Crippen LogP contribution in [0.2, 0.25) is 0 Å². The van der Waals surface area contributed by atoms with Crippen molar-refractivity contribution in [3.63, 3.8) is 0 Å². The van der Waals surface area contributed by atoms with Gasteiger partial charge in [-0.25, -0.2) is 4.98 Å². The van der Waals surface area contributed by atoms with E-state index in [9.17, 15) is 4.79 Å². The minimum absolute atomic E-state index is 0.131. The monoisotopic (exact) mass is 369 g/mol. The fraction of sp³-hybridized carbons (Fsp3) is 0.524. The second kappa shape index (κ2) is 7.49. The fourth-order valence-corrected chi connectivity index (χ4v) is 5.62. The van der Waals surface area contributed by atoms with E-state index >= 15 is 0 Å². The number of rotatable bonds is 4. The Morgan fingerprint density at radius 2 is 1.92 bits per heavy atom. The van der Waals surface area contributed by atoms with Crippen LogP contribution in [-0.4, -0.2) is 16.9 Å². The summed E-state index contributed by atoms with van der Waals surface area (Å²) in [7, 11) is 0. The molecule has 5 heteroatoms. The molecular weight excluding hydrogens is 342 g/mol. The number of nitrogens with zero attached hydrogens (tertiary/aromatic N) is 1. The molecule has 2 bridgehead atoms. The van der Waals surface area contributed by atoms with Crippen molar-refractivity contribution in [1.82, 2.24) is 10.3 Å². The van der Waals surface area contributed by atoms with Gasteiger partial charge in [0.25, 0.3) is 0 Å². The second-order valence-corrected chi connectivity index (χ2v) is 8.89.